The van der Waals surface area contributed by atoms with Gasteiger partial charge in [-0.1, -0.05) is 26.0 Å². The molecular weight excluding hydrogens is 519 g/mol. The molecule has 0 aromatic heterocycles. The lowest BCUT2D eigenvalue weighted by Gasteiger charge is -2.38. The van der Waals surface area contributed by atoms with Crippen LogP contribution in [0.15, 0.2) is 24.3 Å². The summed E-state index contributed by atoms with van der Waals surface area (Å²) in [6.07, 6.45) is 2.87. The quantitative estimate of drug-likeness (QED) is 0.414. The number of halogens is 3. The van der Waals surface area contributed by atoms with Gasteiger partial charge in [-0.2, -0.15) is 13.2 Å². The largest absolute Gasteiger partial charge is 0.441 e. The van der Waals surface area contributed by atoms with Crippen molar-refractivity contribution in [3.05, 3.63) is 35.4 Å². The summed E-state index contributed by atoms with van der Waals surface area (Å²) in [5, 5.41) is 0. The number of hydrogen-bond acceptors (Lipinski definition) is 4. The molecule has 0 radical (unpaired) electrons. The molecule has 9 heteroatoms. The molecule has 0 unspecified atom stereocenters. The zero-order chi connectivity index (χ0) is 28.5. The van der Waals surface area contributed by atoms with Crippen molar-refractivity contribution in [3.63, 3.8) is 0 Å². The molecule has 1 aromatic rings. The third kappa shape index (κ3) is 6.77. The van der Waals surface area contributed by atoms with Crippen molar-refractivity contribution in [3.8, 4) is 0 Å². The van der Waals surface area contributed by atoms with E-state index in [-0.39, 0.29) is 12.0 Å². The van der Waals surface area contributed by atoms with Crippen LogP contribution in [0.5, 0.6) is 0 Å². The van der Waals surface area contributed by atoms with Crippen molar-refractivity contribution in [2.24, 2.45) is 23.7 Å². The van der Waals surface area contributed by atoms with Gasteiger partial charge in [0.25, 0.3) is 0 Å². The highest BCUT2D eigenvalue weighted by molar-refractivity contribution is 5.79. The van der Waals surface area contributed by atoms with Gasteiger partial charge in [-0.15, -0.1) is 0 Å². The van der Waals surface area contributed by atoms with Crippen molar-refractivity contribution in [2.45, 2.75) is 83.5 Å². The van der Waals surface area contributed by atoms with Gasteiger partial charge in [0.15, 0.2) is 0 Å². The number of piperidine rings is 2. The molecule has 222 valence electrons. The Labute approximate surface area is 236 Å². The predicted octanol–water partition coefficient (Wildman–Crippen LogP) is 6.19. The number of benzene rings is 1. The average molecular weight is 564 g/mol. The Hall–Kier alpha value is -2.29. The third-order valence-corrected chi connectivity index (χ3v) is 9.96. The Kier molecular flexibility index (Phi) is 8.69. The first-order chi connectivity index (χ1) is 19.0. The van der Waals surface area contributed by atoms with Crippen LogP contribution in [0.25, 0.3) is 0 Å². The number of nitrogens with zero attached hydrogens (tertiary/aromatic N) is 3. The van der Waals surface area contributed by atoms with Gasteiger partial charge in [0.2, 0.25) is 5.91 Å². The molecule has 3 saturated heterocycles. The van der Waals surface area contributed by atoms with E-state index in [1.807, 2.05) is 4.90 Å². The SMILES string of the molecule is CC(C)C1CCN(C(=O)C2CCC(CN3CC4(CCN(Cc5ccc(C(F)(F)F)cc5)CC4)OC3=O)CC2)CC1. The molecule has 3 heterocycles. The second kappa shape index (κ2) is 11.9. The van der Waals surface area contributed by atoms with Gasteiger partial charge in [0, 0.05) is 58.0 Å². The Bertz CT molecular complexity index is 1020. The number of ether oxygens (including phenoxy) is 1. The lowest BCUT2D eigenvalue weighted by atomic mass is 9.80. The highest BCUT2D eigenvalue weighted by Crippen LogP contribution is 2.37. The fourth-order valence-corrected chi connectivity index (χ4v) is 7.22. The summed E-state index contributed by atoms with van der Waals surface area (Å²) < 4.78 is 44.4. The maximum atomic E-state index is 13.1. The highest BCUT2D eigenvalue weighted by atomic mass is 19.4. The second-order valence-corrected chi connectivity index (χ2v) is 13.0. The van der Waals surface area contributed by atoms with Gasteiger partial charge < -0.3 is 14.5 Å². The summed E-state index contributed by atoms with van der Waals surface area (Å²) in [5.74, 6) is 2.28. The average Bonchev–Trinajstić information content (AvgIpc) is 3.24. The fourth-order valence-electron chi connectivity index (χ4n) is 7.22. The number of hydrogen-bond donors (Lipinski definition) is 0. The minimum Gasteiger partial charge on any atom is -0.441 e. The monoisotopic (exact) mass is 563 g/mol. The number of rotatable bonds is 6. The topological polar surface area (TPSA) is 53.1 Å². The van der Waals surface area contributed by atoms with E-state index in [1.54, 1.807) is 12.1 Å². The lowest BCUT2D eigenvalue weighted by molar-refractivity contribution is -0.139. The summed E-state index contributed by atoms with van der Waals surface area (Å²) in [7, 11) is 0. The molecule has 4 fully saturated rings. The van der Waals surface area contributed by atoms with Crippen LogP contribution in [0.3, 0.4) is 0 Å². The van der Waals surface area contributed by atoms with E-state index in [9.17, 15) is 22.8 Å². The van der Waals surface area contributed by atoms with Gasteiger partial charge in [0.1, 0.15) is 5.60 Å². The van der Waals surface area contributed by atoms with Crippen LogP contribution >= 0.6 is 0 Å². The standard InChI is InChI=1S/C31H44F3N3O3/c1-22(2)25-11-15-36(16-12-25)28(38)26-7-3-24(4-8-26)20-37-21-30(40-29(37)39)13-17-35(18-14-30)19-23-5-9-27(10-6-23)31(32,33)34/h5-6,9-10,22,24-26H,3-4,7-8,11-21H2,1-2H3. The van der Waals surface area contributed by atoms with E-state index < -0.39 is 17.3 Å². The first kappa shape index (κ1) is 29.2. The van der Waals surface area contributed by atoms with Gasteiger partial charge in [-0.25, -0.2) is 4.79 Å². The Morgan fingerprint density at radius 3 is 2.17 bits per heavy atom. The summed E-state index contributed by atoms with van der Waals surface area (Å²) in [4.78, 5) is 32.1. The maximum absolute atomic E-state index is 13.1. The summed E-state index contributed by atoms with van der Waals surface area (Å²) in [6, 6.07) is 5.36. The zero-order valence-electron chi connectivity index (χ0n) is 23.9. The van der Waals surface area contributed by atoms with Crippen molar-refractivity contribution in [1.29, 1.82) is 0 Å². The van der Waals surface area contributed by atoms with Crippen LogP contribution in [0.2, 0.25) is 0 Å². The number of amides is 2. The maximum Gasteiger partial charge on any atom is 0.416 e. The van der Waals surface area contributed by atoms with E-state index in [0.29, 0.717) is 37.4 Å². The number of alkyl halides is 3. The highest BCUT2D eigenvalue weighted by Gasteiger charge is 2.47. The summed E-state index contributed by atoms with van der Waals surface area (Å²) in [5.41, 5.74) is -0.250. The van der Waals surface area contributed by atoms with Crippen LogP contribution in [-0.2, 0) is 22.3 Å². The molecule has 1 saturated carbocycles. The minimum absolute atomic E-state index is 0.123. The summed E-state index contributed by atoms with van der Waals surface area (Å²) >= 11 is 0. The number of carbonyl (C=O) groups excluding carboxylic acids is 2. The van der Waals surface area contributed by atoms with E-state index in [4.69, 9.17) is 4.74 Å². The minimum atomic E-state index is -4.32. The van der Waals surface area contributed by atoms with E-state index >= 15 is 0 Å². The summed E-state index contributed by atoms with van der Waals surface area (Å²) in [6.45, 7) is 9.70. The molecule has 1 aliphatic carbocycles. The third-order valence-electron chi connectivity index (χ3n) is 9.96. The lowest BCUT2D eigenvalue weighted by Crippen LogP contribution is -2.47. The van der Waals surface area contributed by atoms with Gasteiger partial charge in [0.05, 0.1) is 12.1 Å². The second-order valence-electron chi connectivity index (χ2n) is 13.0. The zero-order valence-corrected chi connectivity index (χ0v) is 23.9. The number of carbonyl (C=O) groups is 2. The Morgan fingerprint density at radius 1 is 0.975 bits per heavy atom. The first-order valence-corrected chi connectivity index (χ1v) is 15.2. The molecule has 4 aliphatic rings. The van der Waals surface area contributed by atoms with E-state index in [1.165, 1.54) is 0 Å². The van der Waals surface area contributed by atoms with Crippen molar-refractivity contribution in [2.75, 3.05) is 39.3 Å². The molecule has 0 bridgehead atoms. The smallest absolute Gasteiger partial charge is 0.416 e. The van der Waals surface area contributed by atoms with Gasteiger partial charge >= 0.3 is 12.3 Å². The van der Waals surface area contributed by atoms with Crippen LogP contribution < -0.4 is 0 Å². The van der Waals surface area contributed by atoms with Crippen molar-refractivity contribution < 1.29 is 27.5 Å². The van der Waals surface area contributed by atoms with E-state index in [0.717, 1.165) is 101 Å². The van der Waals surface area contributed by atoms with Gasteiger partial charge in [-0.05, 0) is 74.0 Å². The van der Waals surface area contributed by atoms with Crippen LogP contribution in [0.1, 0.15) is 76.3 Å². The molecule has 40 heavy (non-hydrogen) atoms. The van der Waals surface area contributed by atoms with Crippen LogP contribution in [0, 0.1) is 23.7 Å². The van der Waals surface area contributed by atoms with Crippen LogP contribution in [0.4, 0.5) is 18.0 Å². The molecule has 6 nitrogen and oxygen atoms in total. The molecule has 0 N–H and O–H groups in total. The predicted molar refractivity (Wildman–Crippen MR) is 146 cm³/mol. The molecule has 1 spiro atoms. The molecule has 3 aliphatic heterocycles. The molecule has 1 aromatic carbocycles. The fraction of sp³-hybridized carbons (Fsp3) is 0.742. The number of likely N-dealkylation sites (tertiary alicyclic amines) is 2. The van der Waals surface area contributed by atoms with Crippen molar-refractivity contribution in [1.82, 2.24) is 14.7 Å². The van der Waals surface area contributed by atoms with Gasteiger partial charge in [-0.3, -0.25) is 9.69 Å². The van der Waals surface area contributed by atoms with E-state index in [2.05, 4.69) is 23.6 Å². The molecular formula is C31H44F3N3O3. The van der Waals surface area contributed by atoms with Crippen LogP contribution in [-0.4, -0.2) is 71.6 Å². The Morgan fingerprint density at radius 2 is 1.60 bits per heavy atom. The normalized spacial score (nSPS) is 26.5. The first-order valence-electron chi connectivity index (χ1n) is 15.2. The molecule has 2 amide bonds. The van der Waals surface area contributed by atoms with Crippen molar-refractivity contribution >= 4 is 12.0 Å². The molecule has 5 rings (SSSR count). The Balaban J connectivity index is 1.04. The molecule has 0 atom stereocenters.